The molecule has 1 aromatic carbocycles. The van der Waals surface area contributed by atoms with E-state index in [1.54, 1.807) is 0 Å². The number of fused-ring (bicyclic) bond motifs is 1. The van der Waals surface area contributed by atoms with Crippen molar-refractivity contribution < 1.29 is 8.81 Å². The van der Waals surface area contributed by atoms with Crippen LogP contribution in [0.4, 0.5) is 10.3 Å². The molecule has 0 atom stereocenters. The monoisotopic (exact) mass is 308 g/mol. The van der Waals surface area contributed by atoms with Crippen LogP contribution in [0.1, 0.15) is 24.7 Å². The zero-order valence-corrected chi connectivity index (χ0v) is 12.4. The maximum absolute atomic E-state index is 12.9. The second-order valence-electron chi connectivity index (χ2n) is 5.74. The highest BCUT2D eigenvalue weighted by molar-refractivity contribution is 6.33. The number of oxazole rings is 1. The van der Waals surface area contributed by atoms with E-state index in [9.17, 15) is 4.39 Å². The molecule has 0 saturated carbocycles. The van der Waals surface area contributed by atoms with Crippen LogP contribution in [0.3, 0.4) is 0 Å². The van der Waals surface area contributed by atoms with Crippen molar-refractivity contribution in [1.82, 2.24) is 15.0 Å². The molecule has 1 fully saturated rings. The molecule has 1 saturated heterocycles. The zero-order chi connectivity index (χ0) is 15.8. The summed E-state index contributed by atoms with van der Waals surface area (Å²) in [6, 6.07) is 5.48. The fourth-order valence-electron chi connectivity index (χ4n) is 2.93. The second kappa shape index (κ2) is 5.64. The third kappa shape index (κ3) is 2.78. The van der Waals surface area contributed by atoms with E-state index in [4.69, 9.17) is 12.3 Å². The Kier molecular flexibility index (Phi) is 3.48. The van der Waals surface area contributed by atoms with Gasteiger partial charge in [-0.25, -0.2) is 19.3 Å². The Morgan fingerprint density at radius 3 is 2.65 bits per heavy atom. The molecular weight excluding hydrogens is 294 g/mol. The van der Waals surface area contributed by atoms with Gasteiger partial charge in [0.05, 0.1) is 12.4 Å². The highest BCUT2D eigenvalue weighted by atomic mass is 19.1. The van der Waals surface area contributed by atoms with E-state index in [1.165, 1.54) is 12.4 Å². The van der Waals surface area contributed by atoms with Crippen LogP contribution in [0.15, 0.2) is 35.0 Å². The molecule has 0 spiro atoms. The summed E-state index contributed by atoms with van der Waals surface area (Å²) in [5.41, 5.74) is 2.24. The lowest BCUT2D eigenvalue weighted by molar-refractivity contribution is 0.405. The predicted octanol–water partition coefficient (Wildman–Crippen LogP) is 1.93. The van der Waals surface area contributed by atoms with Crippen molar-refractivity contribution in [2.24, 2.45) is 0 Å². The average Bonchev–Trinajstić information content (AvgIpc) is 2.99. The van der Waals surface area contributed by atoms with Gasteiger partial charge in [0.25, 0.3) is 0 Å². The average molecular weight is 308 g/mol. The number of anilines is 1. The number of rotatable bonds is 2. The Hall–Kier alpha value is -2.44. The number of aromatic nitrogens is 3. The molecule has 0 bridgehead atoms. The Morgan fingerprint density at radius 1 is 1.17 bits per heavy atom. The number of nitrogens with zero attached hydrogens (tertiary/aromatic N) is 4. The summed E-state index contributed by atoms with van der Waals surface area (Å²) in [6.07, 6.45) is 4.17. The molecule has 0 amide bonds. The summed E-state index contributed by atoms with van der Waals surface area (Å²) >= 11 is 0. The molecule has 7 heteroatoms. The summed E-state index contributed by atoms with van der Waals surface area (Å²) in [5, 5.41) is 0. The normalized spacial score (nSPS) is 16.1. The van der Waals surface area contributed by atoms with Gasteiger partial charge in [-0.15, -0.1) is 0 Å². The fourth-order valence-corrected chi connectivity index (χ4v) is 2.93. The van der Waals surface area contributed by atoms with Crippen molar-refractivity contribution in [3.8, 4) is 0 Å². The van der Waals surface area contributed by atoms with Crippen LogP contribution in [0.2, 0.25) is 0 Å². The van der Waals surface area contributed by atoms with Gasteiger partial charge >= 0.3 is 0 Å². The van der Waals surface area contributed by atoms with E-state index >= 15 is 0 Å². The molecule has 3 heterocycles. The van der Waals surface area contributed by atoms with E-state index < -0.39 is 5.82 Å². The van der Waals surface area contributed by atoms with Crippen LogP contribution in [-0.2, 0) is 0 Å². The van der Waals surface area contributed by atoms with Crippen LogP contribution in [0.5, 0.6) is 0 Å². The van der Waals surface area contributed by atoms with Gasteiger partial charge in [0.2, 0.25) is 5.95 Å². The summed E-state index contributed by atoms with van der Waals surface area (Å²) in [7, 11) is 5.78. The molecule has 1 aliphatic rings. The third-order valence-corrected chi connectivity index (χ3v) is 4.16. The lowest BCUT2D eigenvalue weighted by Gasteiger charge is -2.30. The molecule has 0 unspecified atom stereocenters. The van der Waals surface area contributed by atoms with Crippen LogP contribution < -0.4 is 10.4 Å². The molecule has 23 heavy (non-hydrogen) atoms. The molecule has 1 aliphatic heterocycles. The van der Waals surface area contributed by atoms with Crippen LogP contribution in [0.25, 0.3) is 11.1 Å². The summed E-state index contributed by atoms with van der Waals surface area (Å²) in [5.74, 6) is 1.16. The predicted molar refractivity (Wildman–Crippen MR) is 85.6 cm³/mol. The highest BCUT2D eigenvalue weighted by Gasteiger charge is 2.25. The van der Waals surface area contributed by atoms with Gasteiger partial charge in [0, 0.05) is 19.0 Å². The van der Waals surface area contributed by atoms with Gasteiger partial charge < -0.3 is 9.32 Å². The summed E-state index contributed by atoms with van der Waals surface area (Å²) in [4.78, 5) is 14.7. The van der Waals surface area contributed by atoms with Crippen molar-refractivity contribution in [2.45, 2.75) is 18.8 Å². The van der Waals surface area contributed by atoms with Crippen molar-refractivity contribution >= 4 is 30.4 Å². The first-order valence-electron chi connectivity index (χ1n) is 7.57. The topological polar surface area (TPSA) is 55.1 Å². The van der Waals surface area contributed by atoms with E-state index in [1.807, 2.05) is 18.2 Å². The Bertz CT molecular complexity index is 828. The van der Waals surface area contributed by atoms with E-state index in [0.717, 1.165) is 42.9 Å². The van der Waals surface area contributed by atoms with Gasteiger partial charge in [-0.1, -0.05) is 11.5 Å². The lowest BCUT2D eigenvalue weighted by Crippen LogP contribution is -2.34. The minimum Gasteiger partial charge on any atom is -0.440 e. The van der Waals surface area contributed by atoms with Gasteiger partial charge in [-0.05, 0) is 25.0 Å². The van der Waals surface area contributed by atoms with Gasteiger partial charge in [-0.2, -0.15) is 0 Å². The molecule has 5 nitrogen and oxygen atoms in total. The van der Waals surface area contributed by atoms with E-state index in [2.05, 4.69) is 19.9 Å². The number of hydrogen-bond acceptors (Lipinski definition) is 5. The van der Waals surface area contributed by atoms with Crippen molar-refractivity contribution in [2.75, 3.05) is 18.0 Å². The number of halogens is 1. The molecule has 0 N–H and O–H groups in total. The second-order valence-corrected chi connectivity index (χ2v) is 5.74. The SMILES string of the molecule is [B]c1ccc2oc(C3CCN(c4ncc(F)cn4)CC3)nc2c1. The first-order valence-corrected chi connectivity index (χ1v) is 7.57. The fraction of sp³-hybridized carbons (Fsp3) is 0.312. The van der Waals surface area contributed by atoms with Gasteiger partial charge in [0.15, 0.2) is 17.3 Å². The lowest BCUT2D eigenvalue weighted by atomic mass is 9.96. The van der Waals surface area contributed by atoms with Gasteiger partial charge in [-0.3, -0.25) is 0 Å². The summed E-state index contributed by atoms with van der Waals surface area (Å²) in [6.45, 7) is 1.58. The third-order valence-electron chi connectivity index (χ3n) is 4.16. The maximum atomic E-state index is 12.9. The minimum absolute atomic E-state index is 0.264. The van der Waals surface area contributed by atoms with E-state index in [0.29, 0.717) is 11.4 Å². The standard InChI is InChI=1S/C16H14BFN4O/c17-11-1-2-14-13(7-11)21-15(23-14)10-3-5-22(6-4-10)16-19-8-12(18)9-20-16/h1-2,7-10H,3-6H2. The van der Waals surface area contributed by atoms with Crippen molar-refractivity contribution in [3.05, 3.63) is 42.3 Å². The Morgan fingerprint density at radius 2 is 1.91 bits per heavy atom. The number of benzene rings is 1. The van der Waals surface area contributed by atoms with Crippen molar-refractivity contribution in [3.63, 3.8) is 0 Å². The van der Waals surface area contributed by atoms with Crippen LogP contribution >= 0.6 is 0 Å². The largest absolute Gasteiger partial charge is 0.440 e. The van der Waals surface area contributed by atoms with Crippen molar-refractivity contribution in [1.29, 1.82) is 0 Å². The van der Waals surface area contributed by atoms with Crippen LogP contribution in [-0.4, -0.2) is 35.9 Å². The molecule has 3 aromatic rings. The molecule has 2 radical (unpaired) electrons. The van der Waals surface area contributed by atoms with Gasteiger partial charge in [0.1, 0.15) is 13.4 Å². The quantitative estimate of drug-likeness (QED) is 0.677. The summed E-state index contributed by atoms with van der Waals surface area (Å²) < 4.78 is 18.7. The van der Waals surface area contributed by atoms with E-state index in [-0.39, 0.29) is 5.92 Å². The minimum atomic E-state index is -0.422. The Labute approximate surface area is 134 Å². The number of hydrogen-bond donors (Lipinski definition) is 0. The molecule has 0 aliphatic carbocycles. The zero-order valence-electron chi connectivity index (χ0n) is 12.4. The van der Waals surface area contributed by atoms with Crippen LogP contribution in [0, 0.1) is 5.82 Å². The maximum Gasteiger partial charge on any atom is 0.225 e. The molecule has 4 rings (SSSR count). The first kappa shape index (κ1) is 14.2. The molecule has 2 aromatic heterocycles. The molecular formula is C16H14BFN4O. The first-order chi connectivity index (χ1) is 11.2. The smallest absolute Gasteiger partial charge is 0.225 e. The Balaban J connectivity index is 1.48. The molecule has 114 valence electrons. The number of piperidine rings is 1. The highest BCUT2D eigenvalue weighted by Crippen LogP contribution is 2.30.